The summed E-state index contributed by atoms with van der Waals surface area (Å²) >= 11 is 0. The molecule has 6 nitrogen and oxygen atoms in total. The summed E-state index contributed by atoms with van der Waals surface area (Å²) in [6, 6.07) is 0. The fraction of sp³-hybridized carbons (Fsp3) is 0.462. The molecule has 0 aliphatic rings. The Kier molecular flexibility index (Phi) is 52.2. The molecule has 0 heterocycles. The third-order valence-electron chi connectivity index (χ3n) is 10.1. The molecular weight excluding hydrogens is 877 g/mol. The maximum atomic E-state index is 12.8. The predicted octanol–water partition coefficient (Wildman–Crippen LogP) is 18.3. The summed E-state index contributed by atoms with van der Waals surface area (Å²) in [4.78, 5) is 38.0. The number of hydrogen-bond donors (Lipinski definition) is 0. The van der Waals surface area contributed by atoms with E-state index < -0.39 is 18.0 Å². The van der Waals surface area contributed by atoms with Crippen LogP contribution >= 0.6 is 0 Å². The van der Waals surface area contributed by atoms with E-state index in [0.717, 1.165) is 116 Å². The van der Waals surface area contributed by atoms with E-state index in [2.05, 4.69) is 203 Å². The minimum atomic E-state index is -0.878. The van der Waals surface area contributed by atoms with Crippen molar-refractivity contribution in [1.82, 2.24) is 0 Å². The maximum absolute atomic E-state index is 12.8. The first-order valence-electron chi connectivity index (χ1n) is 26.9. The highest BCUT2D eigenvalue weighted by Gasteiger charge is 2.19. The van der Waals surface area contributed by atoms with Gasteiger partial charge in [-0.05, 0) is 135 Å². The van der Waals surface area contributed by atoms with E-state index in [1.54, 1.807) is 6.08 Å². The number of ether oxygens (including phenoxy) is 3. The summed E-state index contributed by atoms with van der Waals surface area (Å²) in [6.07, 6.45) is 87.3. The molecule has 0 fully saturated rings. The Labute approximate surface area is 433 Å². The van der Waals surface area contributed by atoms with Gasteiger partial charge in [0.2, 0.25) is 0 Å². The molecule has 6 heteroatoms. The van der Waals surface area contributed by atoms with Crippen LogP contribution in [0.4, 0.5) is 0 Å². The molecule has 390 valence electrons. The molecule has 0 saturated heterocycles. The van der Waals surface area contributed by atoms with Crippen LogP contribution in [0.2, 0.25) is 0 Å². The first kappa shape index (κ1) is 65.2. The van der Waals surface area contributed by atoms with E-state index in [-0.39, 0.29) is 38.4 Å². The van der Waals surface area contributed by atoms with Crippen LogP contribution < -0.4 is 0 Å². The normalized spacial score (nSPS) is 13.7. The number of esters is 3. The molecule has 0 rings (SSSR count). The number of hydrogen-bond acceptors (Lipinski definition) is 6. The van der Waals surface area contributed by atoms with Gasteiger partial charge in [0.05, 0.1) is 6.42 Å². The first-order valence-corrected chi connectivity index (χ1v) is 26.9. The van der Waals surface area contributed by atoms with Crippen molar-refractivity contribution in [3.63, 3.8) is 0 Å². The summed E-state index contributed by atoms with van der Waals surface area (Å²) in [5.41, 5.74) is 0. The summed E-state index contributed by atoms with van der Waals surface area (Å²) in [6.45, 7) is 6.08. The Balaban J connectivity index is 4.71. The van der Waals surface area contributed by atoms with Gasteiger partial charge in [0.15, 0.2) is 6.10 Å². The van der Waals surface area contributed by atoms with E-state index in [0.29, 0.717) is 19.3 Å². The van der Waals surface area contributed by atoms with Crippen LogP contribution in [0.5, 0.6) is 0 Å². The van der Waals surface area contributed by atoms with Gasteiger partial charge in [0, 0.05) is 12.8 Å². The predicted molar refractivity (Wildman–Crippen MR) is 306 cm³/mol. The molecule has 71 heavy (non-hydrogen) atoms. The lowest BCUT2D eigenvalue weighted by Crippen LogP contribution is -2.30. The van der Waals surface area contributed by atoms with Crippen molar-refractivity contribution in [2.45, 2.75) is 181 Å². The fourth-order valence-corrected chi connectivity index (χ4v) is 6.20. The second kappa shape index (κ2) is 56.8. The van der Waals surface area contributed by atoms with E-state index >= 15 is 0 Å². The third-order valence-corrected chi connectivity index (χ3v) is 10.1. The summed E-state index contributed by atoms with van der Waals surface area (Å²) in [7, 11) is 0. The van der Waals surface area contributed by atoms with Crippen LogP contribution in [-0.4, -0.2) is 37.2 Å². The lowest BCUT2D eigenvalue weighted by Gasteiger charge is -2.18. The fourth-order valence-electron chi connectivity index (χ4n) is 6.20. The smallest absolute Gasteiger partial charge is 0.309 e. The largest absolute Gasteiger partial charge is 0.462 e. The molecule has 0 amide bonds. The Hall–Kier alpha value is -5.75. The van der Waals surface area contributed by atoms with Gasteiger partial charge in [-0.3, -0.25) is 14.4 Å². The highest BCUT2D eigenvalue weighted by molar-refractivity contribution is 5.72. The highest BCUT2D eigenvalue weighted by atomic mass is 16.6. The lowest BCUT2D eigenvalue weighted by molar-refractivity contribution is -0.166. The topological polar surface area (TPSA) is 78.9 Å². The minimum Gasteiger partial charge on any atom is -0.462 e. The van der Waals surface area contributed by atoms with E-state index in [9.17, 15) is 14.4 Å². The van der Waals surface area contributed by atoms with Crippen molar-refractivity contribution in [3.05, 3.63) is 194 Å². The number of carbonyl (C=O) groups excluding carboxylic acids is 3. The molecule has 1 atom stereocenters. The number of rotatable bonds is 45. The van der Waals surface area contributed by atoms with Crippen molar-refractivity contribution in [2.75, 3.05) is 13.2 Å². The average molecular weight is 971 g/mol. The second-order valence-electron chi connectivity index (χ2n) is 16.7. The van der Waals surface area contributed by atoms with Crippen LogP contribution in [0.3, 0.4) is 0 Å². The standard InChI is InChI=1S/C65H94O6/c1-4-7-10-13-16-19-22-25-28-30-31-32-33-35-37-40-43-46-49-52-55-58-64(67)70-61-62(60-69-63(66)57-54-51-48-45-42-39-36-27-24-21-18-15-12-9-6-3)71-65(68)59-56-53-50-47-44-41-38-34-29-26-23-20-17-14-11-8-5-2/h7-12,16-21,25-29,31-32,35-38,41-43,45-47,50-51,54,62H,4-6,13-15,22-24,30,33-34,39-40,44,48-49,52-53,55-61H2,1-3H3/b10-7-,11-8-,12-9-,19-16-,20-17-,21-18-,28-25-,29-26-,32-31-,36-27-,37-35-,41-38-,45-42-,46-43-,50-47-,54-51-. The first-order chi connectivity index (χ1) is 35.0. The number of unbranched alkanes of at least 4 members (excludes halogenated alkanes) is 3. The molecule has 0 aromatic heterocycles. The Morgan fingerprint density at radius 1 is 0.296 bits per heavy atom. The van der Waals surface area contributed by atoms with Crippen LogP contribution in [0.1, 0.15) is 175 Å². The molecule has 0 radical (unpaired) electrons. The van der Waals surface area contributed by atoms with Gasteiger partial charge < -0.3 is 14.2 Å². The molecule has 0 spiro atoms. The molecule has 0 saturated carbocycles. The Morgan fingerprint density at radius 3 is 0.901 bits per heavy atom. The average Bonchev–Trinajstić information content (AvgIpc) is 3.37. The molecular formula is C65H94O6. The molecule has 0 aliphatic heterocycles. The highest BCUT2D eigenvalue weighted by Crippen LogP contribution is 2.08. The van der Waals surface area contributed by atoms with E-state index in [4.69, 9.17) is 14.2 Å². The molecule has 0 aromatic rings. The van der Waals surface area contributed by atoms with Gasteiger partial charge in [-0.15, -0.1) is 0 Å². The van der Waals surface area contributed by atoms with Crippen LogP contribution in [0.25, 0.3) is 0 Å². The van der Waals surface area contributed by atoms with E-state index in [1.807, 2.05) is 6.08 Å². The molecule has 1 unspecified atom stereocenters. The number of allylic oxidation sites excluding steroid dienone is 31. The zero-order valence-electron chi connectivity index (χ0n) is 44.4. The SMILES string of the molecule is CC/C=C\C/C=C\C/C=C\C/C=C\C/C=C\C/C=C\CCCCC(=O)OCC(COC(=O)C/C=C\C/C=C\C/C=C\C/C=C\C/C=C\CC)OC(=O)CCC/C=C\C/C=C\C/C=C\C/C=C\C/C=C\CC. The zero-order chi connectivity index (χ0) is 51.4. The van der Waals surface area contributed by atoms with Crippen LogP contribution in [0, 0.1) is 0 Å². The van der Waals surface area contributed by atoms with Crippen LogP contribution in [0.15, 0.2) is 194 Å². The Morgan fingerprint density at radius 2 is 0.563 bits per heavy atom. The van der Waals surface area contributed by atoms with Gasteiger partial charge >= 0.3 is 17.9 Å². The maximum Gasteiger partial charge on any atom is 0.309 e. The van der Waals surface area contributed by atoms with Gasteiger partial charge in [0.25, 0.3) is 0 Å². The lowest BCUT2D eigenvalue weighted by atomic mass is 10.2. The van der Waals surface area contributed by atoms with E-state index in [1.165, 1.54) is 0 Å². The van der Waals surface area contributed by atoms with Crippen molar-refractivity contribution < 1.29 is 28.6 Å². The van der Waals surface area contributed by atoms with Crippen molar-refractivity contribution in [2.24, 2.45) is 0 Å². The molecule has 0 bridgehead atoms. The Bertz CT molecular complexity index is 1780. The summed E-state index contributed by atoms with van der Waals surface area (Å²) in [5.74, 6) is -1.22. The van der Waals surface area contributed by atoms with Crippen LogP contribution in [-0.2, 0) is 28.6 Å². The molecule has 0 aliphatic carbocycles. The zero-order valence-corrected chi connectivity index (χ0v) is 44.4. The van der Waals surface area contributed by atoms with Gasteiger partial charge in [-0.25, -0.2) is 0 Å². The van der Waals surface area contributed by atoms with Gasteiger partial charge in [-0.1, -0.05) is 215 Å². The number of carbonyl (C=O) groups is 3. The molecule has 0 aromatic carbocycles. The van der Waals surface area contributed by atoms with Gasteiger partial charge in [-0.2, -0.15) is 0 Å². The summed E-state index contributed by atoms with van der Waals surface area (Å²) < 4.78 is 16.6. The van der Waals surface area contributed by atoms with Crippen molar-refractivity contribution >= 4 is 17.9 Å². The quantitative estimate of drug-likeness (QED) is 0.0262. The molecule has 0 N–H and O–H groups in total. The minimum absolute atomic E-state index is 0.0952. The monoisotopic (exact) mass is 971 g/mol. The second-order valence-corrected chi connectivity index (χ2v) is 16.7. The van der Waals surface area contributed by atoms with Crippen molar-refractivity contribution in [3.8, 4) is 0 Å². The van der Waals surface area contributed by atoms with Gasteiger partial charge in [0.1, 0.15) is 13.2 Å². The third kappa shape index (κ3) is 55.1. The van der Waals surface area contributed by atoms with Crippen molar-refractivity contribution in [1.29, 1.82) is 0 Å². The summed E-state index contributed by atoms with van der Waals surface area (Å²) in [5, 5.41) is 0.